The van der Waals surface area contributed by atoms with Crippen molar-refractivity contribution in [1.82, 2.24) is 4.98 Å². The second-order valence-corrected chi connectivity index (χ2v) is 4.75. The number of hydrogen-bond acceptors (Lipinski definition) is 4. The molecule has 0 spiro atoms. The molecule has 1 fully saturated rings. The number of carboxylic acid groups (broad SMARTS) is 1. The van der Waals surface area contributed by atoms with Crippen LogP contribution in [0.4, 0.5) is 24.7 Å². The molecule has 0 amide bonds. The Hall–Kier alpha value is -1.99. The highest BCUT2D eigenvalue weighted by molar-refractivity contribution is 5.72. The van der Waals surface area contributed by atoms with Crippen LogP contribution in [0.3, 0.4) is 0 Å². The van der Waals surface area contributed by atoms with Gasteiger partial charge in [0, 0.05) is 19.3 Å². The molecule has 3 N–H and O–H groups in total. The molecule has 0 bridgehead atoms. The molecule has 8 heteroatoms. The Balaban J connectivity index is 2.29. The van der Waals surface area contributed by atoms with Crippen molar-refractivity contribution in [2.45, 2.75) is 19.0 Å². The number of pyridine rings is 1. The fourth-order valence-electron chi connectivity index (χ4n) is 2.27. The van der Waals surface area contributed by atoms with Gasteiger partial charge in [0.15, 0.2) is 0 Å². The van der Waals surface area contributed by atoms with Crippen molar-refractivity contribution < 1.29 is 23.1 Å². The van der Waals surface area contributed by atoms with Crippen LogP contribution in [0.1, 0.15) is 18.4 Å². The van der Waals surface area contributed by atoms with E-state index >= 15 is 0 Å². The van der Waals surface area contributed by atoms with Crippen LogP contribution in [0.2, 0.25) is 0 Å². The predicted molar refractivity (Wildman–Crippen MR) is 66.2 cm³/mol. The van der Waals surface area contributed by atoms with Gasteiger partial charge in [0.25, 0.3) is 0 Å². The first kappa shape index (κ1) is 14.4. The Morgan fingerprint density at radius 2 is 2.20 bits per heavy atom. The summed E-state index contributed by atoms with van der Waals surface area (Å²) in [7, 11) is 0. The summed E-state index contributed by atoms with van der Waals surface area (Å²) in [5, 5.41) is 9.00. The third-order valence-electron chi connectivity index (χ3n) is 3.34. The number of carbonyl (C=O) groups is 1. The fourth-order valence-corrected chi connectivity index (χ4v) is 2.27. The average molecular weight is 289 g/mol. The monoisotopic (exact) mass is 289 g/mol. The number of piperidine rings is 1. The lowest BCUT2D eigenvalue weighted by Gasteiger charge is -2.33. The zero-order valence-electron chi connectivity index (χ0n) is 10.5. The van der Waals surface area contributed by atoms with Crippen molar-refractivity contribution in [3.63, 3.8) is 0 Å². The molecule has 1 aliphatic rings. The van der Waals surface area contributed by atoms with E-state index in [4.69, 9.17) is 10.8 Å². The standard InChI is InChI=1S/C12H14F3N3O2/c13-12(14,15)8-4-9(10(16)17-5-8)18-3-1-2-7(6-18)11(19)20/h4-5,7H,1-3,6H2,(H2,16,17)(H,19,20). The molecule has 5 nitrogen and oxygen atoms in total. The summed E-state index contributed by atoms with van der Waals surface area (Å²) in [5.74, 6) is -1.57. The van der Waals surface area contributed by atoms with Crippen LogP contribution >= 0.6 is 0 Å². The lowest BCUT2D eigenvalue weighted by atomic mass is 9.98. The number of carboxylic acids is 1. The number of anilines is 2. The van der Waals surface area contributed by atoms with E-state index in [9.17, 15) is 18.0 Å². The molecule has 0 aromatic carbocycles. The van der Waals surface area contributed by atoms with Gasteiger partial charge in [-0.1, -0.05) is 0 Å². The number of alkyl halides is 3. The summed E-state index contributed by atoms with van der Waals surface area (Å²) in [5.41, 5.74) is 4.87. The zero-order valence-corrected chi connectivity index (χ0v) is 10.5. The molecular formula is C12H14F3N3O2. The van der Waals surface area contributed by atoms with Crippen molar-refractivity contribution in [2.75, 3.05) is 23.7 Å². The van der Waals surface area contributed by atoms with Crippen molar-refractivity contribution >= 4 is 17.5 Å². The first-order chi connectivity index (χ1) is 9.29. The van der Waals surface area contributed by atoms with E-state index in [0.717, 1.165) is 6.07 Å². The van der Waals surface area contributed by atoms with Gasteiger partial charge in [0.05, 0.1) is 17.2 Å². The summed E-state index contributed by atoms with van der Waals surface area (Å²) < 4.78 is 38.0. The van der Waals surface area contributed by atoms with Gasteiger partial charge < -0.3 is 15.7 Å². The minimum Gasteiger partial charge on any atom is -0.481 e. The van der Waals surface area contributed by atoms with Crippen molar-refractivity contribution in [3.05, 3.63) is 17.8 Å². The van der Waals surface area contributed by atoms with Crippen molar-refractivity contribution in [2.24, 2.45) is 5.92 Å². The molecule has 2 heterocycles. The normalized spacial score (nSPS) is 19.9. The van der Waals surface area contributed by atoms with Crippen LogP contribution in [-0.2, 0) is 11.0 Å². The number of hydrogen-bond donors (Lipinski definition) is 2. The average Bonchev–Trinajstić information content (AvgIpc) is 2.38. The lowest BCUT2D eigenvalue weighted by molar-refractivity contribution is -0.142. The Labute approximate surface area is 113 Å². The van der Waals surface area contributed by atoms with Gasteiger partial charge in [-0.3, -0.25) is 4.79 Å². The highest BCUT2D eigenvalue weighted by Crippen LogP contribution is 2.34. The van der Waals surface area contributed by atoms with Crippen LogP contribution in [0, 0.1) is 5.92 Å². The Bertz CT molecular complexity index is 519. The maximum absolute atomic E-state index is 12.7. The van der Waals surface area contributed by atoms with Crippen LogP contribution in [0.5, 0.6) is 0 Å². The van der Waals surface area contributed by atoms with E-state index in [1.54, 1.807) is 4.90 Å². The lowest BCUT2D eigenvalue weighted by Crippen LogP contribution is -2.39. The second kappa shape index (κ2) is 5.18. The van der Waals surface area contributed by atoms with Gasteiger partial charge in [0.2, 0.25) is 0 Å². The third kappa shape index (κ3) is 2.94. The van der Waals surface area contributed by atoms with Crippen LogP contribution in [-0.4, -0.2) is 29.1 Å². The summed E-state index contributed by atoms with van der Waals surface area (Å²) >= 11 is 0. The summed E-state index contributed by atoms with van der Waals surface area (Å²) in [6.07, 6.45) is -2.72. The number of nitrogens with two attached hydrogens (primary N) is 1. The van der Waals surface area contributed by atoms with E-state index in [1.165, 1.54) is 0 Å². The molecule has 1 unspecified atom stereocenters. The molecule has 1 aliphatic heterocycles. The van der Waals surface area contributed by atoms with Gasteiger partial charge in [-0.05, 0) is 18.9 Å². The molecule has 0 saturated carbocycles. The molecule has 1 saturated heterocycles. The molecule has 1 aromatic heterocycles. The zero-order chi connectivity index (χ0) is 14.9. The van der Waals surface area contributed by atoms with Gasteiger partial charge in [-0.2, -0.15) is 13.2 Å². The fraction of sp³-hybridized carbons (Fsp3) is 0.500. The van der Waals surface area contributed by atoms with Crippen LogP contribution in [0.15, 0.2) is 12.3 Å². The van der Waals surface area contributed by atoms with Crippen LogP contribution in [0.25, 0.3) is 0 Å². The van der Waals surface area contributed by atoms with Crippen LogP contribution < -0.4 is 10.6 Å². The minimum atomic E-state index is -4.50. The molecule has 1 atom stereocenters. The highest BCUT2D eigenvalue weighted by atomic mass is 19.4. The number of aliphatic carboxylic acids is 1. The topological polar surface area (TPSA) is 79.5 Å². The summed E-state index contributed by atoms with van der Waals surface area (Å²) in [6, 6.07) is 0.923. The van der Waals surface area contributed by atoms with Gasteiger partial charge in [-0.15, -0.1) is 0 Å². The largest absolute Gasteiger partial charge is 0.481 e. The maximum atomic E-state index is 12.7. The molecule has 1 aromatic rings. The first-order valence-electron chi connectivity index (χ1n) is 6.09. The summed E-state index contributed by atoms with van der Waals surface area (Å²) in [4.78, 5) is 16.1. The van der Waals surface area contributed by atoms with E-state index < -0.39 is 23.6 Å². The Morgan fingerprint density at radius 3 is 2.80 bits per heavy atom. The molecular weight excluding hydrogens is 275 g/mol. The second-order valence-electron chi connectivity index (χ2n) is 4.75. The smallest absolute Gasteiger partial charge is 0.417 e. The van der Waals surface area contributed by atoms with Gasteiger partial charge in [0.1, 0.15) is 5.82 Å². The number of rotatable bonds is 2. The Morgan fingerprint density at radius 1 is 1.50 bits per heavy atom. The molecule has 0 aliphatic carbocycles. The first-order valence-corrected chi connectivity index (χ1v) is 6.09. The highest BCUT2D eigenvalue weighted by Gasteiger charge is 2.33. The third-order valence-corrected chi connectivity index (χ3v) is 3.34. The quantitative estimate of drug-likeness (QED) is 0.870. The van der Waals surface area contributed by atoms with Crippen molar-refractivity contribution in [1.29, 1.82) is 0 Å². The Kier molecular flexibility index (Phi) is 3.74. The number of nitrogen functional groups attached to an aromatic ring is 1. The van der Waals surface area contributed by atoms with E-state index in [-0.39, 0.29) is 18.1 Å². The van der Waals surface area contributed by atoms with E-state index in [1.807, 2.05) is 0 Å². The molecule has 2 rings (SSSR count). The minimum absolute atomic E-state index is 0.0240. The number of halogens is 3. The summed E-state index contributed by atoms with van der Waals surface area (Å²) in [6.45, 7) is 0.611. The van der Waals surface area contributed by atoms with E-state index in [2.05, 4.69) is 4.98 Å². The molecule has 0 radical (unpaired) electrons. The van der Waals surface area contributed by atoms with Gasteiger partial charge in [-0.25, -0.2) is 4.98 Å². The van der Waals surface area contributed by atoms with Gasteiger partial charge >= 0.3 is 12.1 Å². The number of nitrogens with zero attached hydrogens (tertiary/aromatic N) is 2. The molecule has 20 heavy (non-hydrogen) atoms. The maximum Gasteiger partial charge on any atom is 0.417 e. The van der Waals surface area contributed by atoms with E-state index in [0.29, 0.717) is 25.6 Å². The SMILES string of the molecule is Nc1ncc(C(F)(F)F)cc1N1CCCC(C(=O)O)C1. The molecule has 110 valence electrons. The van der Waals surface area contributed by atoms with Crippen molar-refractivity contribution in [3.8, 4) is 0 Å². The predicted octanol–water partition coefficient (Wildman–Crippen LogP) is 1.98. The number of aromatic nitrogens is 1.